The zero-order valence-electron chi connectivity index (χ0n) is 11.8. The molecule has 0 fully saturated rings. The Hall–Kier alpha value is -2.95. The van der Waals surface area contributed by atoms with Gasteiger partial charge in [-0.25, -0.2) is 4.39 Å². The van der Waals surface area contributed by atoms with Crippen LogP contribution in [0.15, 0.2) is 59.4 Å². The Labute approximate surface area is 125 Å². The molecule has 0 spiro atoms. The monoisotopic (exact) mass is 296 g/mol. The second kappa shape index (κ2) is 5.44. The average molecular weight is 296 g/mol. The minimum absolute atomic E-state index is 0.0808. The lowest BCUT2D eigenvalue weighted by Gasteiger charge is -2.11. The summed E-state index contributed by atoms with van der Waals surface area (Å²) in [6, 6.07) is 14.3. The molecule has 0 saturated heterocycles. The highest BCUT2D eigenvalue weighted by Gasteiger charge is 2.14. The Morgan fingerprint density at radius 2 is 1.77 bits per heavy atom. The molecule has 110 valence electrons. The van der Waals surface area contributed by atoms with Gasteiger partial charge in [0.2, 0.25) is 0 Å². The van der Waals surface area contributed by atoms with Crippen molar-refractivity contribution in [1.82, 2.24) is 4.57 Å². The lowest BCUT2D eigenvalue weighted by Crippen LogP contribution is -2.21. The van der Waals surface area contributed by atoms with Crippen LogP contribution in [-0.4, -0.2) is 10.5 Å². The van der Waals surface area contributed by atoms with Crippen LogP contribution >= 0.6 is 0 Å². The molecule has 0 aliphatic rings. The molecule has 2 aromatic carbocycles. The van der Waals surface area contributed by atoms with Gasteiger partial charge in [-0.3, -0.25) is 9.59 Å². The first kappa shape index (κ1) is 14.0. The molecule has 3 rings (SSSR count). The normalized spacial score (nSPS) is 10.6. The average Bonchev–Trinajstić information content (AvgIpc) is 2.53. The third-order valence-corrected chi connectivity index (χ3v) is 3.52. The van der Waals surface area contributed by atoms with Crippen molar-refractivity contribution >= 4 is 22.5 Å². The number of carbonyl (C=O) groups is 1. The minimum Gasteiger partial charge on any atom is -0.319 e. The summed E-state index contributed by atoms with van der Waals surface area (Å²) in [5, 5.41) is 3.14. The number of benzene rings is 2. The zero-order valence-corrected chi connectivity index (χ0v) is 11.8. The topological polar surface area (TPSA) is 51.1 Å². The van der Waals surface area contributed by atoms with Crippen LogP contribution in [0.3, 0.4) is 0 Å². The fourth-order valence-electron chi connectivity index (χ4n) is 2.35. The van der Waals surface area contributed by atoms with Crippen LogP contribution in [0.4, 0.5) is 10.1 Å². The Bertz CT molecular complexity index is 931. The lowest BCUT2D eigenvalue weighted by atomic mass is 10.1. The molecule has 22 heavy (non-hydrogen) atoms. The number of hydrogen-bond acceptors (Lipinski definition) is 2. The van der Waals surface area contributed by atoms with Crippen molar-refractivity contribution in [3.05, 3.63) is 76.3 Å². The fraction of sp³-hybridized carbons (Fsp3) is 0.0588. The summed E-state index contributed by atoms with van der Waals surface area (Å²) in [5.74, 6) is -1.04. The Balaban J connectivity index is 2.11. The van der Waals surface area contributed by atoms with Crippen LogP contribution in [0, 0.1) is 5.82 Å². The van der Waals surface area contributed by atoms with Crippen LogP contribution in [0.2, 0.25) is 0 Å². The van der Waals surface area contributed by atoms with Gasteiger partial charge in [0.15, 0.2) is 0 Å². The van der Waals surface area contributed by atoms with Crippen molar-refractivity contribution in [2.24, 2.45) is 7.05 Å². The Kier molecular flexibility index (Phi) is 3.47. The van der Waals surface area contributed by atoms with E-state index < -0.39 is 11.7 Å². The summed E-state index contributed by atoms with van der Waals surface area (Å²) in [6.07, 6.45) is 0. The van der Waals surface area contributed by atoms with E-state index in [0.29, 0.717) is 10.9 Å². The fourth-order valence-corrected chi connectivity index (χ4v) is 2.35. The number of fused-ring (bicyclic) bond motifs is 1. The number of nitrogens with zero attached hydrogens (tertiary/aromatic N) is 1. The third-order valence-electron chi connectivity index (χ3n) is 3.52. The summed E-state index contributed by atoms with van der Waals surface area (Å²) in [5.41, 5.74) is 0.658. The van der Waals surface area contributed by atoms with Crippen LogP contribution in [0.1, 0.15) is 10.4 Å². The van der Waals surface area contributed by atoms with Gasteiger partial charge < -0.3 is 9.88 Å². The van der Waals surface area contributed by atoms with Crippen molar-refractivity contribution in [2.75, 3.05) is 5.32 Å². The van der Waals surface area contributed by atoms with E-state index in [1.807, 2.05) is 0 Å². The predicted octanol–water partition coefficient (Wildman–Crippen LogP) is 2.93. The summed E-state index contributed by atoms with van der Waals surface area (Å²) in [4.78, 5) is 24.4. The van der Waals surface area contributed by atoms with Crippen molar-refractivity contribution < 1.29 is 9.18 Å². The zero-order chi connectivity index (χ0) is 15.7. The SMILES string of the molecule is Cn1c(=O)cc(C(=O)Nc2ccccc2F)c2ccccc21. The van der Waals surface area contributed by atoms with E-state index >= 15 is 0 Å². The molecule has 4 nitrogen and oxygen atoms in total. The van der Waals surface area contributed by atoms with Crippen LogP contribution in [-0.2, 0) is 7.05 Å². The minimum atomic E-state index is -0.524. The predicted molar refractivity (Wildman–Crippen MR) is 83.5 cm³/mol. The number of anilines is 1. The number of halogens is 1. The maximum Gasteiger partial charge on any atom is 0.256 e. The van der Waals surface area contributed by atoms with Gasteiger partial charge >= 0.3 is 0 Å². The lowest BCUT2D eigenvalue weighted by molar-refractivity contribution is 0.102. The number of rotatable bonds is 2. The van der Waals surface area contributed by atoms with E-state index in [1.165, 1.54) is 22.8 Å². The molecule has 0 aliphatic carbocycles. The number of amides is 1. The maximum atomic E-state index is 13.6. The molecule has 5 heteroatoms. The van der Waals surface area contributed by atoms with E-state index in [0.717, 1.165) is 0 Å². The first-order valence-corrected chi connectivity index (χ1v) is 6.72. The maximum absolute atomic E-state index is 13.6. The molecule has 1 N–H and O–H groups in total. The number of hydrogen-bond donors (Lipinski definition) is 1. The van der Waals surface area contributed by atoms with Gasteiger partial charge in [0.1, 0.15) is 5.82 Å². The van der Waals surface area contributed by atoms with E-state index in [4.69, 9.17) is 0 Å². The van der Waals surface area contributed by atoms with E-state index in [1.54, 1.807) is 43.4 Å². The number of carbonyl (C=O) groups excluding carboxylic acids is 1. The van der Waals surface area contributed by atoms with E-state index in [2.05, 4.69) is 5.32 Å². The standard InChI is InChI=1S/C17H13FN2O2/c1-20-15-9-5-2-6-11(15)12(10-16(20)21)17(22)19-14-8-4-3-7-13(14)18/h2-10H,1H3,(H,19,22). The Morgan fingerprint density at radius 3 is 2.55 bits per heavy atom. The highest BCUT2D eigenvalue weighted by molar-refractivity contribution is 6.12. The van der Waals surface area contributed by atoms with Crippen molar-refractivity contribution in [3.63, 3.8) is 0 Å². The molecule has 1 amide bonds. The van der Waals surface area contributed by atoms with Gasteiger partial charge in [-0.1, -0.05) is 30.3 Å². The molecular weight excluding hydrogens is 283 g/mol. The first-order valence-electron chi connectivity index (χ1n) is 6.72. The molecule has 0 bridgehead atoms. The van der Waals surface area contributed by atoms with Crippen molar-refractivity contribution in [1.29, 1.82) is 0 Å². The van der Waals surface area contributed by atoms with Crippen LogP contribution in [0.25, 0.3) is 10.9 Å². The van der Waals surface area contributed by atoms with Gasteiger partial charge in [-0.05, 0) is 18.2 Å². The second-order valence-corrected chi connectivity index (χ2v) is 4.91. The van der Waals surface area contributed by atoms with Crippen molar-refractivity contribution in [3.8, 4) is 0 Å². The molecule has 1 heterocycles. The van der Waals surface area contributed by atoms with Gasteiger partial charge in [-0.15, -0.1) is 0 Å². The smallest absolute Gasteiger partial charge is 0.256 e. The number of nitrogens with one attached hydrogen (secondary N) is 1. The molecular formula is C17H13FN2O2. The quantitative estimate of drug-likeness (QED) is 0.790. The van der Waals surface area contributed by atoms with E-state index in [9.17, 15) is 14.0 Å². The number of aryl methyl sites for hydroxylation is 1. The van der Waals surface area contributed by atoms with E-state index in [-0.39, 0.29) is 16.8 Å². The summed E-state index contributed by atoms with van der Waals surface area (Å²) in [7, 11) is 1.64. The third kappa shape index (κ3) is 2.37. The Morgan fingerprint density at radius 1 is 1.09 bits per heavy atom. The number of para-hydroxylation sites is 2. The summed E-state index contributed by atoms with van der Waals surface area (Å²) < 4.78 is 15.1. The first-order chi connectivity index (χ1) is 10.6. The van der Waals surface area contributed by atoms with Crippen molar-refractivity contribution in [2.45, 2.75) is 0 Å². The number of aromatic nitrogens is 1. The van der Waals surface area contributed by atoms with Gasteiger partial charge in [0.25, 0.3) is 11.5 Å². The molecule has 1 aromatic heterocycles. The van der Waals surface area contributed by atoms with Gasteiger partial charge in [-0.2, -0.15) is 0 Å². The molecule has 0 unspecified atom stereocenters. The van der Waals surface area contributed by atoms with Gasteiger partial charge in [0, 0.05) is 18.5 Å². The molecule has 0 atom stereocenters. The highest BCUT2D eigenvalue weighted by atomic mass is 19.1. The number of pyridine rings is 1. The molecule has 0 aliphatic heterocycles. The summed E-state index contributed by atoms with van der Waals surface area (Å²) in [6.45, 7) is 0. The molecule has 3 aromatic rings. The van der Waals surface area contributed by atoms with Crippen LogP contribution < -0.4 is 10.9 Å². The summed E-state index contributed by atoms with van der Waals surface area (Å²) >= 11 is 0. The van der Waals surface area contributed by atoms with Crippen LogP contribution in [0.5, 0.6) is 0 Å². The molecule has 0 radical (unpaired) electrons. The largest absolute Gasteiger partial charge is 0.319 e. The van der Waals surface area contributed by atoms with Gasteiger partial charge in [0.05, 0.1) is 16.8 Å². The highest BCUT2D eigenvalue weighted by Crippen LogP contribution is 2.19. The second-order valence-electron chi connectivity index (χ2n) is 4.91. The molecule has 0 saturated carbocycles.